The molecule has 130 valence electrons. The molecule has 3 fully saturated rings. The summed E-state index contributed by atoms with van der Waals surface area (Å²) < 4.78 is 0. The van der Waals surface area contributed by atoms with E-state index in [0.29, 0.717) is 25.6 Å². The number of carbonyl (C=O) groups excluding carboxylic acids is 2. The SMILES string of the molecule is CC1CCC(N2CC(C(=O)NCC3(O)CCCC3)CC2=O)CC1. The van der Waals surface area contributed by atoms with E-state index in [9.17, 15) is 14.7 Å². The largest absolute Gasteiger partial charge is 0.388 e. The molecule has 1 unspecified atom stereocenters. The molecule has 23 heavy (non-hydrogen) atoms. The average molecular weight is 322 g/mol. The molecule has 2 amide bonds. The minimum absolute atomic E-state index is 0.0645. The lowest BCUT2D eigenvalue weighted by Gasteiger charge is -2.33. The fourth-order valence-corrected chi connectivity index (χ4v) is 4.42. The molecule has 0 radical (unpaired) electrons. The van der Waals surface area contributed by atoms with Gasteiger partial charge in [-0.15, -0.1) is 0 Å². The Bertz CT molecular complexity index is 451. The maximum absolute atomic E-state index is 12.4. The van der Waals surface area contributed by atoms with E-state index in [1.165, 1.54) is 12.8 Å². The summed E-state index contributed by atoms with van der Waals surface area (Å²) in [5.41, 5.74) is -0.725. The second-order valence-electron chi connectivity index (χ2n) is 8.01. The van der Waals surface area contributed by atoms with Crippen molar-refractivity contribution in [3.05, 3.63) is 0 Å². The minimum Gasteiger partial charge on any atom is -0.388 e. The van der Waals surface area contributed by atoms with Gasteiger partial charge in [0, 0.05) is 25.6 Å². The second-order valence-corrected chi connectivity index (χ2v) is 8.01. The fraction of sp³-hybridized carbons (Fsp3) is 0.889. The van der Waals surface area contributed by atoms with Crippen molar-refractivity contribution in [1.29, 1.82) is 0 Å². The minimum atomic E-state index is -0.725. The molecule has 0 bridgehead atoms. The van der Waals surface area contributed by atoms with Crippen LogP contribution in [0.5, 0.6) is 0 Å². The van der Waals surface area contributed by atoms with Gasteiger partial charge in [0.15, 0.2) is 0 Å². The topological polar surface area (TPSA) is 69.6 Å². The smallest absolute Gasteiger partial charge is 0.225 e. The Labute approximate surface area is 138 Å². The molecule has 0 aromatic rings. The van der Waals surface area contributed by atoms with Crippen molar-refractivity contribution >= 4 is 11.8 Å². The van der Waals surface area contributed by atoms with Crippen molar-refractivity contribution in [1.82, 2.24) is 10.2 Å². The Kier molecular flexibility index (Phi) is 4.95. The molecule has 2 saturated carbocycles. The van der Waals surface area contributed by atoms with Crippen LogP contribution >= 0.6 is 0 Å². The van der Waals surface area contributed by atoms with Crippen molar-refractivity contribution in [3.8, 4) is 0 Å². The zero-order chi connectivity index (χ0) is 16.4. The first-order chi connectivity index (χ1) is 11.0. The number of nitrogens with zero attached hydrogens (tertiary/aromatic N) is 1. The van der Waals surface area contributed by atoms with Gasteiger partial charge in [-0.25, -0.2) is 0 Å². The number of carbonyl (C=O) groups is 2. The number of hydrogen-bond acceptors (Lipinski definition) is 3. The van der Waals surface area contributed by atoms with E-state index in [4.69, 9.17) is 0 Å². The van der Waals surface area contributed by atoms with Crippen LogP contribution in [0.15, 0.2) is 0 Å². The van der Waals surface area contributed by atoms with Gasteiger partial charge in [0.2, 0.25) is 11.8 Å². The molecule has 0 aromatic carbocycles. The first-order valence-corrected chi connectivity index (χ1v) is 9.26. The van der Waals surface area contributed by atoms with Crippen molar-refractivity contribution < 1.29 is 14.7 Å². The summed E-state index contributed by atoms with van der Waals surface area (Å²) in [7, 11) is 0. The van der Waals surface area contributed by atoms with Crippen LogP contribution in [-0.4, -0.2) is 46.6 Å². The zero-order valence-corrected chi connectivity index (χ0v) is 14.2. The van der Waals surface area contributed by atoms with E-state index in [-0.39, 0.29) is 17.7 Å². The van der Waals surface area contributed by atoms with E-state index < -0.39 is 5.60 Å². The Balaban J connectivity index is 1.49. The Morgan fingerprint density at radius 1 is 1.26 bits per heavy atom. The van der Waals surface area contributed by atoms with Gasteiger partial charge in [-0.1, -0.05) is 19.8 Å². The number of hydrogen-bond donors (Lipinski definition) is 2. The summed E-state index contributed by atoms with van der Waals surface area (Å²) in [6.45, 7) is 3.16. The molecule has 3 rings (SSSR count). The van der Waals surface area contributed by atoms with Crippen LogP contribution in [0.25, 0.3) is 0 Å². The van der Waals surface area contributed by atoms with E-state index in [1.807, 2.05) is 4.90 Å². The van der Waals surface area contributed by atoms with Crippen LogP contribution in [-0.2, 0) is 9.59 Å². The maximum atomic E-state index is 12.4. The standard InChI is InChI=1S/C18H30N2O3/c1-13-4-6-15(7-5-13)20-11-14(10-16(20)21)17(22)19-12-18(23)8-2-3-9-18/h13-15,23H,2-12H2,1H3,(H,19,22). The van der Waals surface area contributed by atoms with Gasteiger partial charge in [0.05, 0.1) is 11.5 Å². The average Bonchev–Trinajstić information content (AvgIpc) is 3.13. The fourth-order valence-electron chi connectivity index (χ4n) is 4.42. The third-order valence-electron chi connectivity index (χ3n) is 6.08. The highest BCUT2D eigenvalue weighted by Gasteiger charge is 2.39. The van der Waals surface area contributed by atoms with Gasteiger partial charge in [-0.2, -0.15) is 0 Å². The molecule has 0 spiro atoms. The van der Waals surface area contributed by atoms with Crippen LogP contribution in [0.2, 0.25) is 0 Å². The summed E-state index contributed by atoms with van der Waals surface area (Å²) in [5, 5.41) is 13.2. The maximum Gasteiger partial charge on any atom is 0.225 e. The van der Waals surface area contributed by atoms with E-state index in [1.54, 1.807) is 0 Å². The van der Waals surface area contributed by atoms with Crippen LogP contribution in [0.3, 0.4) is 0 Å². The molecule has 1 aliphatic heterocycles. The first kappa shape index (κ1) is 16.7. The molecule has 1 heterocycles. The monoisotopic (exact) mass is 322 g/mol. The quantitative estimate of drug-likeness (QED) is 0.830. The molecule has 3 aliphatic rings. The molecular formula is C18H30N2O3. The van der Waals surface area contributed by atoms with E-state index >= 15 is 0 Å². The van der Waals surface area contributed by atoms with Gasteiger partial charge < -0.3 is 15.3 Å². The molecule has 5 nitrogen and oxygen atoms in total. The lowest BCUT2D eigenvalue weighted by Crippen LogP contribution is -2.44. The highest BCUT2D eigenvalue weighted by molar-refractivity contribution is 5.89. The van der Waals surface area contributed by atoms with Crippen molar-refractivity contribution in [2.45, 2.75) is 76.4 Å². The van der Waals surface area contributed by atoms with Crippen molar-refractivity contribution in [2.24, 2.45) is 11.8 Å². The lowest BCUT2D eigenvalue weighted by atomic mass is 9.87. The van der Waals surface area contributed by atoms with Gasteiger partial charge in [0.25, 0.3) is 0 Å². The molecule has 2 aliphatic carbocycles. The Morgan fingerprint density at radius 2 is 1.91 bits per heavy atom. The van der Waals surface area contributed by atoms with Gasteiger partial charge in [-0.05, 0) is 44.4 Å². The predicted octanol–water partition coefficient (Wildman–Crippen LogP) is 1.83. The molecule has 2 N–H and O–H groups in total. The number of amides is 2. The summed E-state index contributed by atoms with van der Waals surface area (Å²) in [6, 6.07) is 0.329. The lowest BCUT2D eigenvalue weighted by molar-refractivity contribution is -0.131. The third-order valence-corrected chi connectivity index (χ3v) is 6.08. The van der Waals surface area contributed by atoms with Gasteiger partial charge in [-0.3, -0.25) is 9.59 Å². The van der Waals surface area contributed by atoms with Crippen molar-refractivity contribution in [3.63, 3.8) is 0 Å². The van der Waals surface area contributed by atoms with Crippen molar-refractivity contribution in [2.75, 3.05) is 13.1 Å². The molecule has 1 saturated heterocycles. The molecule has 5 heteroatoms. The number of nitrogens with one attached hydrogen (secondary N) is 1. The predicted molar refractivity (Wildman–Crippen MR) is 87.7 cm³/mol. The summed E-state index contributed by atoms with van der Waals surface area (Å²) in [6.07, 6.45) is 8.42. The Morgan fingerprint density at radius 3 is 2.57 bits per heavy atom. The third kappa shape index (κ3) is 3.87. The summed E-state index contributed by atoms with van der Waals surface area (Å²) in [5.74, 6) is 0.580. The highest BCUT2D eigenvalue weighted by Crippen LogP contribution is 2.32. The van der Waals surface area contributed by atoms with Crippen LogP contribution in [0, 0.1) is 11.8 Å². The second kappa shape index (κ2) is 6.80. The van der Waals surface area contributed by atoms with Crippen LogP contribution in [0.4, 0.5) is 0 Å². The van der Waals surface area contributed by atoms with E-state index in [2.05, 4.69) is 12.2 Å². The van der Waals surface area contributed by atoms with E-state index in [0.717, 1.165) is 44.4 Å². The summed E-state index contributed by atoms with van der Waals surface area (Å²) in [4.78, 5) is 26.6. The number of likely N-dealkylation sites (tertiary alicyclic amines) is 1. The normalized spacial score (nSPS) is 33.9. The Hall–Kier alpha value is -1.10. The highest BCUT2D eigenvalue weighted by atomic mass is 16.3. The number of rotatable bonds is 4. The first-order valence-electron chi connectivity index (χ1n) is 9.26. The molecule has 1 atom stereocenters. The van der Waals surface area contributed by atoms with Crippen LogP contribution in [0.1, 0.15) is 64.7 Å². The van der Waals surface area contributed by atoms with Gasteiger partial charge >= 0.3 is 0 Å². The summed E-state index contributed by atoms with van der Waals surface area (Å²) >= 11 is 0. The molecular weight excluding hydrogens is 292 g/mol. The van der Waals surface area contributed by atoms with Crippen LogP contribution < -0.4 is 5.32 Å². The van der Waals surface area contributed by atoms with Gasteiger partial charge in [0.1, 0.15) is 0 Å². The zero-order valence-electron chi connectivity index (χ0n) is 14.2. The molecule has 0 aromatic heterocycles. The number of aliphatic hydroxyl groups is 1.